The van der Waals surface area contributed by atoms with E-state index < -0.39 is 0 Å². The molecule has 35 heavy (non-hydrogen) atoms. The van der Waals surface area contributed by atoms with Crippen LogP contribution in [-0.2, 0) is 12.8 Å². The fourth-order valence-corrected chi connectivity index (χ4v) is 5.43. The van der Waals surface area contributed by atoms with Crippen LogP contribution in [0.15, 0.2) is 72.1 Å². The topological polar surface area (TPSA) is 79.4 Å². The molecular formula is C28H21N3O3S. The van der Waals surface area contributed by atoms with Gasteiger partial charge in [0, 0.05) is 16.5 Å². The highest BCUT2D eigenvalue weighted by Crippen LogP contribution is 2.31. The van der Waals surface area contributed by atoms with Crippen LogP contribution >= 0.6 is 11.3 Å². The zero-order valence-corrected chi connectivity index (χ0v) is 19.6. The minimum atomic E-state index is -0.361. The molecule has 3 aromatic carbocycles. The third-order valence-corrected chi connectivity index (χ3v) is 7.31. The zero-order chi connectivity index (χ0) is 23.9. The molecule has 2 heterocycles. The largest absolute Gasteiger partial charge is 0.298 e. The predicted molar refractivity (Wildman–Crippen MR) is 136 cm³/mol. The second-order valence-electron chi connectivity index (χ2n) is 8.72. The van der Waals surface area contributed by atoms with Crippen molar-refractivity contribution in [2.75, 3.05) is 10.2 Å². The van der Waals surface area contributed by atoms with Crippen molar-refractivity contribution in [3.63, 3.8) is 0 Å². The molecule has 0 atom stereocenters. The standard InChI is InChI=1S/C28H21N3O3S/c32-25(30-28-29-24(16-35-28)20-10-9-17-5-1-2-6-19(17)15-20)18-11-13-21(14-12-18)31-26(33)22-7-3-4-8-23(22)27(31)34/h3-4,7-16H,1-2,5-6H2,(H,29,30,32). The van der Waals surface area contributed by atoms with E-state index in [4.69, 9.17) is 0 Å². The van der Waals surface area contributed by atoms with E-state index in [0.29, 0.717) is 27.5 Å². The van der Waals surface area contributed by atoms with Crippen LogP contribution in [0.4, 0.5) is 10.8 Å². The van der Waals surface area contributed by atoms with Gasteiger partial charge < -0.3 is 0 Å². The normalized spacial score (nSPS) is 14.6. The Morgan fingerprint density at radius 1 is 0.857 bits per heavy atom. The molecule has 0 spiro atoms. The van der Waals surface area contributed by atoms with Crippen molar-refractivity contribution in [3.05, 3.63) is 99.9 Å². The first kappa shape index (κ1) is 21.4. The average Bonchev–Trinajstić information content (AvgIpc) is 3.46. The van der Waals surface area contributed by atoms with Gasteiger partial charge in [0.05, 0.1) is 22.5 Å². The Bertz CT molecular complexity index is 1450. The van der Waals surface area contributed by atoms with Gasteiger partial charge in [0.1, 0.15) is 0 Å². The summed E-state index contributed by atoms with van der Waals surface area (Å²) < 4.78 is 0. The number of rotatable bonds is 4. The molecule has 3 amide bonds. The van der Waals surface area contributed by atoms with E-state index in [1.54, 1.807) is 48.5 Å². The minimum Gasteiger partial charge on any atom is -0.298 e. The fraction of sp³-hybridized carbons (Fsp3) is 0.143. The Balaban J connectivity index is 1.16. The van der Waals surface area contributed by atoms with Crippen molar-refractivity contribution in [3.8, 4) is 11.3 Å². The maximum Gasteiger partial charge on any atom is 0.266 e. The molecule has 6 nitrogen and oxygen atoms in total. The molecule has 0 bridgehead atoms. The first-order valence-corrected chi connectivity index (χ1v) is 12.4. The van der Waals surface area contributed by atoms with E-state index in [2.05, 4.69) is 28.5 Å². The van der Waals surface area contributed by atoms with E-state index in [0.717, 1.165) is 29.0 Å². The second kappa shape index (κ2) is 8.60. The average molecular weight is 480 g/mol. The molecular weight excluding hydrogens is 458 g/mol. The van der Waals surface area contributed by atoms with Gasteiger partial charge >= 0.3 is 0 Å². The van der Waals surface area contributed by atoms with Crippen molar-refractivity contribution in [1.82, 2.24) is 4.98 Å². The second-order valence-corrected chi connectivity index (χ2v) is 9.58. The van der Waals surface area contributed by atoms with Crippen LogP contribution in [0.25, 0.3) is 11.3 Å². The van der Waals surface area contributed by atoms with Crippen molar-refractivity contribution in [2.45, 2.75) is 25.7 Å². The monoisotopic (exact) mass is 479 g/mol. The van der Waals surface area contributed by atoms with Crippen LogP contribution in [0, 0.1) is 0 Å². The Kier molecular flexibility index (Phi) is 5.26. The first-order valence-electron chi connectivity index (χ1n) is 11.6. The number of nitrogens with one attached hydrogen (secondary N) is 1. The van der Waals surface area contributed by atoms with Crippen LogP contribution < -0.4 is 10.2 Å². The maximum absolute atomic E-state index is 12.8. The molecule has 0 saturated carbocycles. The Hall–Kier alpha value is -4.10. The number of benzene rings is 3. The quantitative estimate of drug-likeness (QED) is 0.379. The molecule has 1 N–H and O–H groups in total. The number of imide groups is 1. The lowest BCUT2D eigenvalue weighted by atomic mass is 9.90. The van der Waals surface area contributed by atoms with E-state index in [1.165, 1.54) is 35.3 Å². The molecule has 0 unspecified atom stereocenters. The lowest BCUT2D eigenvalue weighted by Gasteiger charge is -2.16. The molecule has 0 saturated heterocycles. The van der Waals surface area contributed by atoms with E-state index in [-0.39, 0.29) is 17.7 Å². The van der Waals surface area contributed by atoms with Crippen LogP contribution in [0.3, 0.4) is 0 Å². The summed E-state index contributed by atoms with van der Waals surface area (Å²) in [5, 5.41) is 5.32. The molecule has 2 aliphatic rings. The van der Waals surface area contributed by atoms with Crippen molar-refractivity contribution in [2.24, 2.45) is 0 Å². The number of anilines is 2. The summed E-state index contributed by atoms with van der Waals surface area (Å²) >= 11 is 1.38. The highest BCUT2D eigenvalue weighted by atomic mass is 32.1. The molecule has 0 radical (unpaired) electrons. The van der Waals surface area contributed by atoms with Gasteiger partial charge in [0.25, 0.3) is 17.7 Å². The number of carbonyl (C=O) groups is 3. The Morgan fingerprint density at radius 3 is 2.26 bits per heavy atom. The molecule has 1 aliphatic carbocycles. The summed E-state index contributed by atoms with van der Waals surface area (Å²) in [6.45, 7) is 0. The number of nitrogens with zero attached hydrogens (tertiary/aromatic N) is 2. The third-order valence-electron chi connectivity index (χ3n) is 6.55. The summed E-state index contributed by atoms with van der Waals surface area (Å²) in [6, 6.07) is 19.7. The first-order chi connectivity index (χ1) is 17.1. The lowest BCUT2D eigenvalue weighted by Crippen LogP contribution is -2.29. The SMILES string of the molecule is O=C(Nc1nc(-c2ccc3c(c2)CCCC3)cs1)c1ccc(N2C(=O)c3ccccc3C2=O)cc1. The summed E-state index contributed by atoms with van der Waals surface area (Å²) in [6.07, 6.45) is 4.71. The smallest absolute Gasteiger partial charge is 0.266 e. The molecule has 1 aromatic heterocycles. The van der Waals surface area contributed by atoms with Crippen LogP contribution in [0.5, 0.6) is 0 Å². The number of aryl methyl sites for hydroxylation is 2. The summed E-state index contributed by atoms with van der Waals surface area (Å²) in [4.78, 5) is 43.9. The van der Waals surface area contributed by atoms with E-state index in [9.17, 15) is 14.4 Å². The molecule has 0 fully saturated rings. The molecule has 7 heteroatoms. The van der Waals surface area contributed by atoms with Gasteiger partial charge in [-0.3, -0.25) is 19.7 Å². The number of fused-ring (bicyclic) bond motifs is 2. The number of hydrogen-bond donors (Lipinski definition) is 1. The van der Waals surface area contributed by atoms with Crippen molar-refractivity contribution >= 4 is 39.9 Å². The van der Waals surface area contributed by atoms with Crippen molar-refractivity contribution in [1.29, 1.82) is 0 Å². The lowest BCUT2D eigenvalue weighted by molar-refractivity contribution is 0.0925. The molecule has 4 aromatic rings. The van der Waals surface area contributed by atoms with Crippen molar-refractivity contribution < 1.29 is 14.4 Å². The summed E-state index contributed by atoms with van der Waals surface area (Å²) in [5.41, 5.74) is 6.34. The van der Waals surface area contributed by atoms with Gasteiger partial charge in [-0.15, -0.1) is 11.3 Å². The van der Waals surface area contributed by atoms with Crippen LogP contribution in [0.2, 0.25) is 0 Å². The number of carbonyl (C=O) groups excluding carboxylic acids is 3. The molecule has 1 aliphatic heterocycles. The van der Waals surface area contributed by atoms with E-state index >= 15 is 0 Å². The van der Waals surface area contributed by atoms with Gasteiger partial charge in [-0.05, 0) is 79.3 Å². The highest BCUT2D eigenvalue weighted by Gasteiger charge is 2.36. The van der Waals surface area contributed by atoms with Gasteiger partial charge in [0.15, 0.2) is 5.13 Å². The van der Waals surface area contributed by atoms with Crippen LogP contribution in [0.1, 0.15) is 55.0 Å². The molecule has 172 valence electrons. The van der Waals surface area contributed by atoms with Gasteiger partial charge in [0.2, 0.25) is 0 Å². The number of amides is 3. The maximum atomic E-state index is 12.8. The minimum absolute atomic E-state index is 0.301. The highest BCUT2D eigenvalue weighted by molar-refractivity contribution is 7.14. The van der Waals surface area contributed by atoms with E-state index in [1.807, 2.05) is 5.38 Å². The van der Waals surface area contributed by atoms with Gasteiger partial charge in [-0.2, -0.15) is 0 Å². The summed E-state index contributed by atoms with van der Waals surface area (Å²) in [5.74, 6) is -1.02. The van der Waals surface area contributed by atoms with Crippen LogP contribution in [-0.4, -0.2) is 22.7 Å². The Morgan fingerprint density at radius 2 is 1.54 bits per heavy atom. The number of aromatic nitrogens is 1. The van der Waals surface area contributed by atoms with Gasteiger partial charge in [-0.25, -0.2) is 9.88 Å². The Labute approximate surface area is 206 Å². The number of hydrogen-bond acceptors (Lipinski definition) is 5. The fourth-order valence-electron chi connectivity index (χ4n) is 4.71. The zero-order valence-electron chi connectivity index (χ0n) is 18.8. The molecule has 6 rings (SSSR count). The number of thiazole rings is 1. The van der Waals surface area contributed by atoms with Gasteiger partial charge in [-0.1, -0.05) is 24.3 Å². The predicted octanol–water partition coefficient (Wildman–Crippen LogP) is 5.74. The third kappa shape index (κ3) is 3.84. The summed E-state index contributed by atoms with van der Waals surface area (Å²) in [7, 11) is 0.